The zero-order chi connectivity index (χ0) is 19.9. The molecular weight excluding hydrogens is 360 g/mol. The van der Waals surface area contributed by atoms with E-state index < -0.39 is 0 Å². The highest BCUT2D eigenvalue weighted by Crippen LogP contribution is 2.20. The number of fused-ring (bicyclic) bond motifs is 1. The average molecular weight is 384 g/mol. The van der Waals surface area contributed by atoms with Gasteiger partial charge in [-0.05, 0) is 54.5 Å². The Bertz CT molecular complexity index is 1080. The Kier molecular flexibility index (Phi) is 5.91. The third-order valence-electron chi connectivity index (χ3n) is 4.76. The second kappa shape index (κ2) is 9.11. The van der Waals surface area contributed by atoms with Gasteiger partial charge in [-0.3, -0.25) is 0 Å². The van der Waals surface area contributed by atoms with Crippen LogP contribution in [0.4, 0.5) is 0 Å². The van der Waals surface area contributed by atoms with Crippen LogP contribution >= 0.6 is 0 Å². The van der Waals surface area contributed by atoms with Gasteiger partial charge in [-0.1, -0.05) is 48.5 Å². The number of hydrogen-bond donors (Lipinski definition) is 0. The molecule has 0 aliphatic rings. The van der Waals surface area contributed by atoms with Crippen molar-refractivity contribution in [3.05, 3.63) is 90.3 Å². The quantitative estimate of drug-likeness (QED) is 0.367. The van der Waals surface area contributed by atoms with E-state index in [1.807, 2.05) is 48.5 Å². The molecule has 0 aliphatic heterocycles. The second-order valence-electron chi connectivity index (χ2n) is 6.73. The third kappa shape index (κ3) is 4.66. The van der Waals surface area contributed by atoms with Gasteiger partial charge in [-0.2, -0.15) is 0 Å². The lowest BCUT2D eigenvalue weighted by Crippen LogP contribution is -2.06. The molecule has 0 bridgehead atoms. The first kappa shape index (κ1) is 18.8. The van der Waals surface area contributed by atoms with Crippen LogP contribution in [0.3, 0.4) is 0 Å². The van der Waals surface area contributed by atoms with Crippen LogP contribution in [0, 0.1) is 0 Å². The Hall–Kier alpha value is -3.53. The van der Waals surface area contributed by atoms with E-state index in [9.17, 15) is 0 Å². The van der Waals surface area contributed by atoms with Gasteiger partial charge in [-0.25, -0.2) is 4.98 Å². The first-order chi connectivity index (χ1) is 14.3. The molecule has 0 unspecified atom stereocenters. The van der Waals surface area contributed by atoms with Crippen LogP contribution in [0.15, 0.2) is 78.9 Å². The molecular formula is C25H24N2O2. The van der Waals surface area contributed by atoms with Gasteiger partial charge in [0.15, 0.2) is 0 Å². The highest BCUT2D eigenvalue weighted by molar-refractivity contribution is 5.79. The summed E-state index contributed by atoms with van der Waals surface area (Å²) in [6.45, 7) is 1.48. The maximum Gasteiger partial charge on any atom is 0.133 e. The summed E-state index contributed by atoms with van der Waals surface area (Å²) in [6.07, 6.45) is 5.07. The average Bonchev–Trinajstić information content (AvgIpc) is 3.14. The van der Waals surface area contributed by atoms with Crippen LogP contribution < -0.4 is 9.47 Å². The molecule has 146 valence electrons. The van der Waals surface area contributed by atoms with Crippen molar-refractivity contribution in [1.29, 1.82) is 0 Å². The number of para-hydroxylation sites is 2. The molecule has 0 spiro atoms. The van der Waals surface area contributed by atoms with E-state index in [2.05, 4.69) is 47.1 Å². The summed E-state index contributed by atoms with van der Waals surface area (Å²) in [6, 6.07) is 26.2. The summed E-state index contributed by atoms with van der Waals surface area (Å²) in [4.78, 5) is 4.81. The van der Waals surface area contributed by atoms with Crippen molar-refractivity contribution in [2.75, 3.05) is 13.7 Å². The first-order valence-corrected chi connectivity index (χ1v) is 9.79. The van der Waals surface area contributed by atoms with Crippen LogP contribution in [-0.4, -0.2) is 23.3 Å². The molecule has 0 radical (unpaired) electrons. The van der Waals surface area contributed by atoms with Gasteiger partial charge in [0.25, 0.3) is 0 Å². The summed E-state index contributed by atoms with van der Waals surface area (Å²) in [5, 5.41) is 0. The third-order valence-corrected chi connectivity index (χ3v) is 4.76. The predicted octanol–water partition coefficient (Wildman–Crippen LogP) is 5.68. The van der Waals surface area contributed by atoms with Crippen molar-refractivity contribution in [2.45, 2.75) is 13.0 Å². The SMILES string of the molecule is COc1ccc(OCCCn2c(/C=C/c3ccccc3)nc3ccccc32)cc1. The molecule has 0 N–H and O–H groups in total. The Morgan fingerprint density at radius 2 is 1.55 bits per heavy atom. The number of benzene rings is 3. The van der Waals surface area contributed by atoms with Crippen molar-refractivity contribution in [3.63, 3.8) is 0 Å². The molecule has 0 amide bonds. The minimum Gasteiger partial charge on any atom is -0.497 e. The Morgan fingerprint density at radius 1 is 0.828 bits per heavy atom. The number of aromatic nitrogens is 2. The second-order valence-corrected chi connectivity index (χ2v) is 6.73. The fraction of sp³-hybridized carbons (Fsp3) is 0.160. The number of nitrogens with zero attached hydrogens (tertiary/aromatic N) is 2. The summed E-state index contributed by atoms with van der Waals surface area (Å²) in [7, 11) is 1.66. The number of hydrogen-bond acceptors (Lipinski definition) is 3. The standard InChI is InChI=1S/C25H24N2O2/c1-28-21-13-15-22(16-14-21)29-19-7-18-27-24-11-6-5-10-23(24)26-25(27)17-12-20-8-3-2-4-9-20/h2-6,8-17H,7,18-19H2,1H3/b17-12+. The smallest absolute Gasteiger partial charge is 0.133 e. The van der Waals surface area contributed by atoms with Gasteiger partial charge in [0, 0.05) is 6.54 Å². The van der Waals surface area contributed by atoms with E-state index in [1.165, 1.54) is 0 Å². The van der Waals surface area contributed by atoms with E-state index in [1.54, 1.807) is 7.11 Å². The van der Waals surface area contributed by atoms with Crippen molar-refractivity contribution >= 4 is 23.2 Å². The highest BCUT2D eigenvalue weighted by atomic mass is 16.5. The molecule has 0 atom stereocenters. The number of aryl methyl sites for hydroxylation is 1. The van der Waals surface area contributed by atoms with Crippen molar-refractivity contribution in [1.82, 2.24) is 9.55 Å². The topological polar surface area (TPSA) is 36.3 Å². The summed E-state index contributed by atoms with van der Waals surface area (Å²) in [5.41, 5.74) is 3.31. The summed E-state index contributed by atoms with van der Waals surface area (Å²) in [5.74, 6) is 2.64. The minimum absolute atomic E-state index is 0.640. The van der Waals surface area contributed by atoms with E-state index in [-0.39, 0.29) is 0 Å². The minimum atomic E-state index is 0.640. The van der Waals surface area contributed by atoms with E-state index >= 15 is 0 Å². The summed E-state index contributed by atoms with van der Waals surface area (Å²) >= 11 is 0. The molecule has 0 fully saturated rings. The number of imidazole rings is 1. The lowest BCUT2D eigenvalue weighted by atomic mass is 10.2. The molecule has 4 aromatic rings. The van der Waals surface area contributed by atoms with Crippen LogP contribution in [0.25, 0.3) is 23.2 Å². The molecule has 0 saturated heterocycles. The largest absolute Gasteiger partial charge is 0.497 e. The maximum atomic E-state index is 5.88. The molecule has 0 saturated carbocycles. The Labute approximate surface area is 171 Å². The highest BCUT2D eigenvalue weighted by Gasteiger charge is 2.08. The van der Waals surface area contributed by atoms with Gasteiger partial charge >= 0.3 is 0 Å². The van der Waals surface area contributed by atoms with Gasteiger partial charge in [0.05, 0.1) is 24.8 Å². The van der Waals surface area contributed by atoms with E-state index in [0.29, 0.717) is 6.61 Å². The van der Waals surface area contributed by atoms with Crippen molar-refractivity contribution in [3.8, 4) is 11.5 Å². The van der Waals surface area contributed by atoms with Crippen LogP contribution in [0.5, 0.6) is 11.5 Å². The van der Waals surface area contributed by atoms with Gasteiger partial charge < -0.3 is 14.0 Å². The fourth-order valence-electron chi connectivity index (χ4n) is 3.28. The van der Waals surface area contributed by atoms with Gasteiger partial charge in [0.1, 0.15) is 17.3 Å². The Balaban J connectivity index is 1.46. The molecule has 1 aromatic heterocycles. The Morgan fingerprint density at radius 3 is 2.34 bits per heavy atom. The fourth-order valence-corrected chi connectivity index (χ4v) is 3.28. The first-order valence-electron chi connectivity index (χ1n) is 9.79. The molecule has 4 rings (SSSR count). The van der Waals surface area contributed by atoms with Crippen LogP contribution in [0.2, 0.25) is 0 Å². The van der Waals surface area contributed by atoms with Crippen molar-refractivity contribution < 1.29 is 9.47 Å². The number of methoxy groups -OCH3 is 1. The summed E-state index contributed by atoms with van der Waals surface area (Å²) < 4.78 is 13.3. The van der Waals surface area contributed by atoms with Crippen molar-refractivity contribution in [2.24, 2.45) is 0 Å². The zero-order valence-corrected chi connectivity index (χ0v) is 16.5. The van der Waals surface area contributed by atoms with E-state index in [4.69, 9.17) is 14.5 Å². The van der Waals surface area contributed by atoms with Gasteiger partial charge in [-0.15, -0.1) is 0 Å². The lowest BCUT2D eigenvalue weighted by Gasteiger charge is -2.09. The van der Waals surface area contributed by atoms with E-state index in [0.717, 1.165) is 46.9 Å². The van der Waals surface area contributed by atoms with Crippen LogP contribution in [0.1, 0.15) is 17.8 Å². The molecule has 0 aliphatic carbocycles. The number of ether oxygens (including phenoxy) is 2. The maximum absolute atomic E-state index is 5.88. The monoisotopic (exact) mass is 384 g/mol. The van der Waals surface area contributed by atoms with Gasteiger partial charge in [0.2, 0.25) is 0 Å². The van der Waals surface area contributed by atoms with Crippen LogP contribution in [-0.2, 0) is 6.54 Å². The molecule has 1 heterocycles. The molecule has 3 aromatic carbocycles. The predicted molar refractivity (Wildman–Crippen MR) is 118 cm³/mol. The lowest BCUT2D eigenvalue weighted by molar-refractivity contribution is 0.301. The zero-order valence-electron chi connectivity index (χ0n) is 16.5. The number of rotatable bonds is 8. The molecule has 4 heteroatoms. The molecule has 4 nitrogen and oxygen atoms in total. The molecule has 29 heavy (non-hydrogen) atoms. The normalized spacial score (nSPS) is 11.2.